The fourth-order valence-electron chi connectivity index (χ4n) is 3.68. The van der Waals surface area contributed by atoms with Crippen molar-refractivity contribution in [1.82, 2.24) is 15.3 Å². The van der Waals surface area contributed by atoms with Gasteiger partial charge in [0.05, 0.1) is 0 Å². The molecule has 0 bridgehead atoms. The molecule has 3 rings (SSSR count). The van der Waals surface area contributed by atoms with E-state index in [1.54, 1.807) is 25.8 Å². The zero-order chi connectivity index (χ0) is 21.9. The quantitative estimate of drug-likeness (QED) is 0.573. The van der Waals surface area contributed by atoms with Crippen molar-refractivity contribution in [1.29, 1.82) is 0 Å². The first kappa shape index (κ1) is 22.0. The minimum absolute atomic E-state index is 0.0505. The molecule has 30 heavy (non-hydrogen) atoms. The Morgan fingerprint density at radius 2 is 1.97 bits per heavy atom. The molecule has 1 aromatic rings. The van der Waals surface area contributed by atoms with E-state index in [-0.39, 0.29) is 13.0 Å². The third-order valence-corrected chi connectivity index (χ3v) is 4.94. The van der Waals surface area contributed by atoms with E-state index in [2.05, 4.69) is 5.32 Å². The van der Waals surface area contributed by atoms with Gasteiger partial charge in [0.1, 0.15) is 24.7 Å². The van der Waals surface area contributed by atoms with Crippen LogP contribution >= 0.6 is 0 Å². The molecule has 2 aliphatic rings. The van der Waals surface area contributed by atoms with Crippen LogP contribution in [0.25, 0.3) is 0 Å². The first-order valence-electron chi connectivity index (χ1n) is 10.1. The average molecular weight is 419 g/mol. The maximum absolute atomic E-state index is 13.1. The number of amides is 1. The number of fused-ring (bicyclic) bond motifs is 1. The summed E-state index contributed by atoms with van der Waals surface area (Å²) >= 11 is 0. The molecule has 1 unspecified atom stereocenters. The fraction of sp³-hybridized carbons (Fsp3) is 0.571. The number of esters is 2. The van der Waals surface area contributed by atoms with E-state index in [0.717, 1.165) is 5.56 Å². The van der Waals surface area contributed by atoms with Crippen LogP contribution in [0.2, 0.25) is 0 Å². The van der Waals surface area contributed by atoms with Crippen LogP contribution in [0.3, 0.4) is 0 Å². The minimum Gasteiger partial charge on any atom is -0.460 e. The smallest absolute Gasteiger partial charge is 0.429 e. The van der Waals surface area contributed by atoms with Gasteiger partial charge in [0.25, 0.3) is 5.85 Å². The van der Waals surface area contributed by atoms with Gasteiger partial charge in [-0.3, -0.25) is 14.9 Å². The van der Waals surface area contributed by atoms with Gasteiger partial charge < -0.3 is 14.2 Å². The van der Waals surface area contributed by atoms with Crippen molar-refractivity contribution in [2.45, 2.75) is 64.1 Å². The molecule has 1 amide bonds. The van der Waals surface area contributed by atoms with Crippen LogP contribution in [0.1, 0.15) is 45.6 Å². The van der Waals surface area contributed by atoms with Crippen molar-refractivity contribution in [3.63, 3.8) is 0 Å². The van der Waals surface area contributed by atoms with Crippen LogP contribution in [0.4, 0.5) is 4.79 Å². The maximum Gasteiger partial charge on any atom is 0.429 e. The van der Waals surface area contributed by atoms with Gasteiger partial charge in [-0.1, -0.05) is 30.3 Å². The molecule has 2 saturated heterocycles. The molecular weight excluding hydrogens is 390 g/mol. The first-order valence-corrected chi connectivity index (χ1v) is 10.1. The summed E-state index contributed by atoms with van der Waals surface area (Å²) in [6, 6.07) is 8.67. The number of nitrogens with zero attached hydrogens (tertiary/aromatic N) is 2. The van der Waals surface area contributed by atoms with Crippen LogP contribution in [0, 0.1) is 0 Å². The number of carbonyl (C=O) groups is 3. The molecule has 2 fully saturated rings. The number of rotatable bonds is 5. The van der Waals surface area contributed by atoms with Crippen LogP contribution < -0.4 is 5.32 Å². The molecule has 2 aliphatic heterocycles. The fourth-order valence-corrected chi connectivity index (χ4v) is 3.68. The number of ether oxygens (including phenoxy) is 3. The van der Waals surface area contributed by atoms with Gasteiger partial charge in [0, 0.05) is 6.54 Å². The molecule has 2 heterocycles. The topological polar surface area (TPSA) is 97.4 Å². The van der Waals surface area contributed by atoms with Gasteiger partial charge in [-0.2, -0.15) is 10.0 Å². The normalized spacial score (nSPS) is 24.2. The monoisotopic (exact) mass is 419 g/mol. The Balaban J connectivity index is 1.86. The number of nitrogens with one attached hydrogen (secondary N) is 1. The van der Waals surface area contributed by atoms with Crippen LogP contribution in [-0.4, -0.2) is 59.1 Å². The Morgan fingerprint density at radius 1 is 1.27 bits per heavy atom. The summed E-state index contributed by atoms with van der Waals surface area (Å²) in [4.78, 5) is 38.4. The van der Waals surface area contributed by atoms with Crippen molar-refractivity contribution in [3.05, 3.63) is 35.9 Å². The lowest BCUT2D eigenvalue weighted by Crippen LogP contribution is -2.74. The lowest BCUT2D eigenvalue weighted by atomic mass is 10.1. The summed E-state index contributed by atoms with van der Waals surface area (Å²) in [6.45, 7) is 5.75. The molecule has 1 aromatic carbocycles. The van der Waals surface area contributed by atoms with E-state index >= 15 is 0 Å². The van der Waals surface area contributed by atoms with Crippen molar-refractivity contribution in [2.24, 2.45) is 0 Å². The van der Waals surface area contributed by atoms with Crippen LogP contribution in [0.5, 0.6) is 0 Å². The molecule has 0 aliphatic carbocycles. The van der Waals surface area contributed by atoms with Crippen molar-refractivity contribution < 1.29 is 28.6 Å². The highest BCUT2D eigenvalue weighted by Gasteiger charge is 2.57. The van der Waals surface area contributed by atoms with E-state index in [1.807, 2.05) is 30.3 Å². The molecule has 9 nitrogen and oxygen atoms in total. The number of hydrogen-bond acceptors (Lipinski definition) is 8. The highest BCUT2D eigenvalue weighted by Crippen LogP contribution is 2.35. The highest BCUT2D eigenvalue weighted by atomic mass is 16.6. The van der Waals surface area contributed by atoms with Crippen LogP contribution in [0.15, 0.2) is 30.3 Å². The third-order valence-electron chi connectivity index (χ3n) is 4.94. The second kappa shape index (κ2) is 8.61. The average Bonchev–Trinajstić information content (AvgIpc) is 3.15. The van der Waals surface area contributed by atoms with Gasteiger partial charge >= 0.3 is 18.0 Å². The summed E-state index contributed by atoms with van der Waals surface area (Å²) in [5.41, 5.74) is 0.0968. The molecular formula is C21H29N3O6. The summed E-state index contributed by atoms with van der Waals surface area (Å²) in [6.07, 6.45) is 0.189. The number of benzene rings is 1. The molecule has 0 aromatic heterocycles. The van der Waals surface area contributed by atoms with Gasteiger partial charge in [0.15, 0.2) is 0 Å². The Morgan fingerprint density at radius 3 is 2.60 bits per heavy atom. The number of hydrazine groups is 1. The Hall–Kier alpha value is -2.65. The second-order valence-corrected chi connectivity index (χ2v) is 8.39. The molecule has 0 radical (unpaired) electrons. The summed E-state index contributed by atoms with van der Waals surface area (Å²) in [5.74, 6) is -2.82. The van der Waals surface area contributed by atoms with Gasteiger partial charge in [0.2, 0.25) is 0 Å². The van der Waals surface area contributed by atoms with E-state index < -0.39 is 35.5 Å². The zero-order valence-electron chi connectivity index (χ0n) is 17.8. The Bertz CT molecular complexity index is 794. The number of cyclic esters (lactones) is 1. The number of carbonyl (C=O) groups excluding carboxylic acids is 3. The Labute approximate surface area is 176 Å². The SMILES string of the molecule is CNC1(CC(=O)OC(C)(C)C)OC(=O)[C@@H]2CCCN2N1C(=O)OCc1ccccc1. The summed E-state index contributed by atoms with van der Waals surface area (Å²) < 4.78 is 16.6. The molecule has 0 spiro atoms. The van der Waals surface area contributed by atoms with Crippen molar-refractivity contribution >= 4 is 18.0 Å². The predicted octanol–water partition coefficient (Wildman–Crippen LogP) is 2.17. The highest BCUT2D eigenvalue weighted by molar-refractivity contribution is 5.81. The van der Waals surface area contributed by atoms with Crippen molar-refractivity contribution in [3.8, 4) is 0 Å². The summed E-state index contributed by atoms with van der Waals surface area (Å²) in [5, 5.41) is 5.69. The third kappa shape index (κ3) is 4.73. The molecule has 9 heteroatoms. The van der Waals surface area contributed by atoms with Crippen molar-refractivity contribution in [2.75, 3.05) is 13.6 Å². The largest absolute Gasteiger partial charge is 0.460 e. The predicted molar refractivity (Wildman–Crippen MR) is 107 cm³/mol. The maximum atomic E-state index is 13.1. The molecule has 164 valence electrons. The zero-order valence-corrected chi connectivity index (χ0v) is 17.8. The molecule has 2 atom stereocenters. The standard InChI is InChI=1S/C21H29N3O6/c1-20(2,3)29-17(25)13-21(22-4)24(23-12-8-11-16(23)18(26)30-21)19(27)28-14-15-9-6-5-7-10-15/h5-7,9-10,16,22H,8,11-14H2,1-4H3/t16-,21?/m0/s1. The molecule has 1 N–H and O–H groups in total. The van der Waals surface area contributed by atoms with E-state index in [0.29, 0.717) is 19.4 Å². The van der Waals surface area contributed by atoms with Gasteiger partial charge in [-0.15, -0.1) is 0 Å². The lowest BCUT2D eigenvalue weighted by Gasteiger charge is -2.50. The van der Waals surface area contributed by atoms with Gasteiger partial charge in [-0.05, 0) is 46.2 Å². The Kier molecular flexibility index (Phi) is 6.33. The van der Waals surface area contributed by atoms with E-state index in [1.165, 1.54) is 12.1 Å². The van der Waals surface area contributed by atoms with Gasteiger partial charge in [-0.25, -0.2) is 4.79 Å². The second-order valence-electron chi connectivity index (χ2n) is 8.39. The van der Waals surface area contributed by atoms with E-state index in [9.17, 15) is 14.4 Å². The molecule has 0 saturated carbocycles. The number of hydrogen-bond donors (Lipinski definition) is 1. The first-order chi connectivity index (χ1) is 14.1. The minimum atomic E-state index is -1.73. The lowest BCUT2D eigenvalue weighted by molar-refractivity contribution is -0.268. The summed E-state index contributed by atoms with van der Waals surface area (Å²) in [7, 11) is 1.52. The van der Waals surface area contributed by atoms with Crippen LogP contribution in [-0.2, 0) is 30.4 Å². The van der Waals surface area contributed by atoms with E-state index in [4.69, 9.17) is 14.2 Å².